The quantitative estimate of drug-likeness (QED) is 0.607. The Morgan fingerprint density at radius 1 is 1.09 bits per heavy atom. The second-order valence-electron chi connectivity index (χ2n) is 8.33. The van der Waals surface area contributed by atoms with E-state index in [-0.39, 0.29) is 23.0 Å². The smallest absolute Gasteiger partial charge is 0.243 e. The fourth-order valence-electron chi connectivity index (χ4n) is 4.71. The van der Waals surface area contributed by atoms with Gasteiger partial charge in [-0.2, -0.15) is 9.40 Å². The number of nitrogens with zero attached hydrogens (tertiary/aromatic N) is 3. The summed E-state index contributed by atoms with van der Waals surface area (Å²) >= 11 is 0. The van der Waals surface area contributed by atoms with Crippen molar-refractivity contribution in [3.05, 3.63) is 83.4 Å². The van der Waals surface area contributed by atoms with Crippen molar-refractivity contribution in [3.8, 4) is 5.69 Å². The van der Waals surface area contributed by atoms with Crippen LogP contribution in [0.2, 0.25) is 0 Å². The van der Waals surface area contributed by atoms with Gasteiger partial charge in [0.1, 0.15) is 11.6 Å². The number of ketones is 1. The molecule has 0 N–H and O–H groups in total. The molecule has 8 heteroatoms. The van der Waals surface area contributed by atoms with Crippen molar-refractivity contribution in [2.24, 2.45) is 5.41 Å². The van der Waals surface area contributed by atoms with Gasteiger partial charge in [-0.15, -0.1) is 0 Å². The number of carbonyl (C=O) groups excluding carboxylic acids is 1. The van der Waals surface area contributed by atoms with Gasteiger partial charge in [-0.3, -0.25) is 4.79 Å². The molecule has 6 nitrogen and oxygen atoms in total. The van der Waals surface area contributed by atoms with Gasteiger partial charge in [-0.1, -0.05) is 23.8 Å². The van der Waals surface area contributed by atoms with Crippen LogP contribution in [0, 0.1) is 11.2 Å². The highest BCUT2D eigenvalue weighted by Crippen LogP contribution is 2.45. The van der Waals surface area contributed by atoms with Crippen LogP contribution in [-0.4, -0.2) is 41.4 Å². The van der Waals surface area contributed by atoms with E-state index in [2.05, 4.69) is 5.10 Å². The zero-order chi connectivity index (χ0) is 22.5. The molecule has 0 amide bonds. The van der Waals surface area contributed by atoms with Gasteiger partial charge in [0, 0.05) is 13.1 Å². The Bertz CT molecular complexity index is 1330. The molecule has 0 radical (unpaired) electrons. The van der Waals surface area contributed by atoms with Gasteiger partial charge in [0.15, 0.2) is 0 Å². The first-order valence-electron chi connectivity index (χ1n) is 10.4. The number of carbonyl (C=O) groups is 1. The maximum absolute atomic E-state index is 13.4. The minimum Gasteiger partial charge on any atom is -0.299 e. The van der Waals surface area contributed by atoms with Crippen molar-refractivity contribution in [2.45, 2.75) is 24.7 Å². The summed E-state index contributed by atoms with van der Waals surface area (Å²) in [7, 11) is -3.71. The number of Topliss-reactive ketones (excluding diaryl/α,β-unsaturated/α-hetero) is 1. The van der Waals surface area contributed by atoms with Crippen LogP contribution in [-0.2, 0) is 21.2 Å². The topological polar surface area (TPSA) is 72.3 Å². The monoisotopic (exact) mass is 451 g/mol. The van der Waals surface area contributed by atoms with Gasteiger partial charge in [0.05, 0.1) is 27.9 Å². The molecule has 32 heavy (non-hydrogen) atoms. The van der Waals surface area contributed by atoms with E-state index in [9.17, 15) is 17.6 Å². The molecule has 2 heterocycles. The van der Waals surface area contributed by atoms with Gasteiger partial charge in [0.25, 0.3) is 0 Å². The van der Waals surface area contributed by atoms with Crippen molar-refractivity contribution in [3.63, 3.8) is 0 Å². The summed E-state index contributed by atoms with van der Waals surface area (Å²) in [5, 5.41) is 4.47. The van der Waals surface area contributed by atoms with Gasteiger partial charge < -0.3 is 0 Å². The summed E-state index contributed by atoms with van der Waals surface area (Å²) < 4.78 is 43.0. The average molecular weight is 452 g/mol. The molecule has 0 saturated carbocycles. The molecule has 2 aliphatic rings. The molecule has 2 aromatic carbocycles. The molecular weight excluding hydrogens is 429 g/mol. The van der Waals surface area contributed by atoms with Crippen molar-refractivity contribution >= 4 is 21.9 Å². The lowest BCUT2D eigenvalue weighted by atomic mass is 9.66. The summed E-state index contributed by atoms with van der Waals surface area (Å²) in [4.78, 5) is 13.2. The third-order valence-electron chi connectivity index (χ3n) is 6.51. The standard InChI is InChI=1S/C24H22FN3O3S/c1-17(29)24-14-18-15-26-28(21-9-7-20(25)8-10-21)23(18)13-19(24)11-12-27(16-24)32(30,31)22-5-3-2-4-6-22/h2-10,13,15H,11-12,14,16H2,1H3/t24-/m1/s1. The number of hydrogen-bond acceptors (Lipinski definition) is 4. The Balaban J connectivity index is 1.54. The second kappa shape index (κ2) is 7.50. The summed E-state index contributed by atoms with van der Waals surface area (Å²) in [5.41, 5.74) is 2.45. The van der Waals surface area contributed by atoms with Crippen molar-refractivity contribution < 1.29 is 17.6 Å². The van der Waals surface area contributed by atoms with Gasteiger partial charge in [0.2, 0.25) is 10.0 Å². The van der Waals surface area contributed by atoms with Gasteiger partial charge in [-0.25, -0.2) is 17.5 Å². The lowest BCUT2D eigenvalue weighted by Gasteiger charge is -2.44. The first kappa shape index (κ1) is 20.8. The van der Waals surface area contributed by atoms with Crippen LogP contribution in [0.15, 0.2) is 71.3 Å². The number of hydrogen-bond donors (Lipinski definition) is 0. The predicted molar refractivity (Wildman–Crippen MR) is 118 cm³/mol. The van der Waals surface area contributed by atoms with Crippen LogP contribution in [0.3, 0.4) is 0 Å². The maximum Gasteiger partial charge on any atom is 0.243 e. The average Bonchev–Trinajstić information content (AvgIpc) is 3.20. The zero-order valence-electron chi connectivity index (χ0n) is 17.5. The Morgan fingerprint density at radius 2 is 1.81 bits per heavy atom. The minimum atomic E-state index is -3.71. The Labute approximate surface area is 186 Å². The molecule has 1 aliphatic carbocycles. The second-order valence-corrected chi connectivity index (χ2v) is 10.3. The summed E-state index contributed by atoms with van der Waals surface area (Å²) in [6.07, 6.45) is 4.51. The molecule has 0 bridgehead atoms. The van der Waals surface area contributed by atoms with E-state index in [0.29, 0.717) is 19.4 Å². The first-order chi connectivity index (χ1) is 15.3. The number of piperidine rings is 1. The minimum absolute atomic E-state index is 0.0584. The van der Waals surface area contributed by atoms with Crippen LogP contribution >= 0.6 is 0 Å². The molecule has 1 aliphatic heterocycles. The zero-order valence-corrected chi connectivity index (χ0v) is 18.3. The molecular formula is C24H22FN3O3S. The normalized spacial score (nSPS) is 20.9. The Morgan fingerprint density at radius 3 is 2.50 bits per heavy atom. The maximum atomic E-state index is 13.4. The molecule has 1 aromatic heterocycles. The Hall–Kier alpha value is -3.10. The number of fused-ring (bicyclic) bond motifs is 2. The van der Waals surface area contributed by atoms with Gasteiger partial charge in [-0.05, 0) is 67.8 Å². The third-order valence-corrected chi connectivity index (χ3v) is 8.37. The highest BCUT2D eigenvalue weighted by molar-refractivity contribution is 7.89. The van der Waals surface area contributed by atoms with Gasteiger partial charge >= 0.3 is 0 Å². The van der Waals surface area contributed by atoms with Crippen LogP contribution < -0.4 is 0 Å². The van der Waals surface area contributed by atoms with Crippen molar-refractivity contribution in [1.82, 2.24) is 14.1 Å². The molecule has 1 fully saturated rings. The molecule has 3 aromatic rings. The van der Waals surface area contributed by atoms with Crippen molar-refractivity contribution in [1.29, 1.82) is 0 Å². The van der Waals surface area contributed by atoms with E-state index in [0.717, 1.165) is 22.5 Å². The summed E-state index contributed by atoms with van der Waals surface area (Å²) in [6.45, 7) is 1.94. The van der Waals surface area contributed by atoms with E-state index in [4.69, 9.17) is 0 Å². The highest BCUT2D eigenvalue weighted by atomic mass is 32.2. The summed E-state index contributed by atoms with van der Waals surface area (Å²) in [6, 6.07) is 14.4. The van der Waals surface area contributed by atoms with E-state index in [1.54, 1.807) is 53.3 Å². The number of rotatable bonds is 4. The number of sulfonamides is 1. The van der Waals surface area contributed by atoms with E-state index < -0.39 is 15.4 Å². The van der Waals surface area contributed by atoms with Crippen LogP contribution in [0.25, 0.3) is 11.8 Å². The molecule has 5 rings (SSSR count). The van der Waals surface area contributed by atoms with Crippen LogP contribution in [0.5, 0.6) is 0 Å². The number of aromatic nitrogens is 2. The number of halogens is 1. The van der Waals surface area contributed by atoms with Crippen LogP contribution in [0.1, 0.15) is 24.6 Å². The fraction of sp³-hybridized carbons (Fsp3) is 0.250. The Kier molecular flexibility index (Phi) is 4.87. The SMILES string of the molecule is CC(=O)[C@]12Cc3cnn(-c4ccc(F)cc4)c3C=C1CCN(S(=O)(=O)c1ccccc1)C2. The molecule has 164 valence electrons. The van der Waals surface area contributed by atoms with E-state index in [1.165, 1.54) is 23.4 Å². The van der Waals surface area contributed by atoms with E-state index >= 15 is 0 Å². The highest BCUT2D eigenvalue weighted by Gasteiger charge is 2.49. The predicted octanol–water partition coefficient (Wildman–Crippen LogP) is 3.62. The molecule has 1 atom stereocenters. The van der Waals surface area contributed by atoms with E-state index in [1.807, 2.05) is 6.08 Å². The summed E-state index contributed by atoms with van der Waals surface area (Å²) in [5.74, 6) is -0.382. The molecule has 0 unspecified atom stereocenters. The third kappa shape index (κ3) is 3.22. The molecule has 1 saturated heterocycles. The van der Waals surface area contributed by atoms with Crippen LogP contribution in [0.4, 0.5) is 4.39 Å². The largest absolute Gasteiger partial charge is 0.299 e. The molecule has 0 spiro atoms. The first-order valence-corrected chi connectivity index (χ1v) is 11.9. The fourth-order valence-corrected chi connectivity index (χ4v) is 6.24. The van der Waals surface area contributed by atoms with Crippen molar-refractivity contribution in [2.75, 3.05) is 13.1 Å². The number of benzene rings is 2. The lowest BCUT2D eigenvalue weighted by Crippen LogP contribution is -2.52. The lowest BCUT2D eigenvalue weighted by molar-refractivity contribution is -0.125.